The Morgan fingerprint density at radius 1 is 1.24 bits per heavy atom. The van der Waals surface area contributed by atoms with Crippen LogP contribution in [0.1, 0.15) is 20.3 Å². The van der Waals surface area contributed by atoms with E-state index in [-0.39, 0.29) is 5.57 Å². The summed E-state index contributed by atoms with van der Waals surface area (Å²) in [6, 6.07) is 3.16. The van der Waals surface area contributed by atoms with E-state index in [0.29, 0.717) is 6.08 Å². The van der Waals surface area contributed by atoms with Gasteiger partial charge in [0.15, 0.2) is 5.41 Å². The molecular formula is C11H12F4N2. The van der Waals surface area contributed by atoms with Crippen molar-refractivity contribution in [1.29, 1.82) is 10.5 Å². The van der Waals surface area contributed by atoms with Crippen LogP contribution in [-0.2, 0) is 0 Å². The lowest BCUT2D eigenvalue weighted by atomic mass is 9.72. The van der Waals surface area contributed by atoms with Gasteiger partial charge in [-0.1, -0.05) is 6.92 Å². The van der Waals surface area contributed by atoms with E-state index in [1.807, 2.05) is 0 Å². The van der Waals surface area contributed by atoms with Gasteiger partial charge in [-0.2, -0.15) is 10.5 Å². The molecule has 17 heavy (non-hydrogen) atoms. The molecule has 6 heteroatoms. The fourth-order valence-corrected chi connectivity index (χ4v) is 1.57. The summed E-state index contributed by atoms with van der Waals surface area (Å²) in [6.45, 7) is 2.46. The SMILES string of the molecule is CC(=CC(F)F)C(C#N)(C#N)C(C)CC(F)F. The van der Waals surface area contributed by atoms with Crippen LogP contribution >= 0.6 is 0 Å². The summed E-state index contributed by atoms with van der Waals surface area (Å²) in [5.41, 5.74) is -2.11. The van der Waals surface area contributed by atoms with Crippen LogP contribution in [0.25, 0.3) is 0 Å². The average Bonchev–Trinajstić information content (AvgIpc) is 2.17. The molecule has 0 aliphatic heterocycles. The minimum atomic E-state index is -2.82. The highest BCUT2D eigenvalue weighted by atomic mass is 19.3. The second kappa shape index (κ2) is 6.24. The Balaban J connectivity index is 5.34. The molecule has 0 aromatic carbocycles. The van der Waals surface area contributed by atoms with Crippen LogP contribution in [0.4, 0.5) is 17.6 Å². The summed E-state index contributed by atoms with van der Waals surface area (Å²) in [5, 5.41) is 17.9. The molecule has 94 valence electrons. The first kappa shape index (κ1) is 15.4. The highest BCUT2D eigenvalue weighted by Crippen LogP contribution is 2.38. The Morgan fingerprint density at radius 3 is 2.00 bits per heavy atom. The molecule has 0 heterocycles. The van der Waals surface area contributed by atoms with Gasteiger partial charge in [-0.3, -0.25) is 0 Å². The van der Waals surface area contributed by atoms with E-state index in [0.717, 1.165) is 0 Å². The molecule has 2 nitrogen and oxygen atoms in total. The number of allylic oxidation sites excluding steroid dienone is 2. The van der Waals surface area contributed by atoms with E-state index >= 15 is 0 Å². The van der Waals surface area contributed by atoms with Gasteiger partial charge >= 0.3 is 0 Å². The zero-order valence-electron chi connectivity index (χ0n) is 9.42. The van der Waals surface area contributed by atoms with Gasteiger partial charge < -0.3 is 0 Å². The van der Waals surface area contributed by atoms with Crippen molar-refractivity contribution < 1.29 is 17.6 Å². The Hall–Kier alpha value is -1.56. The summed E-state index contributed by atoms with van der Waals surface area (Å²) in [4.78, 5) is 0. The fourth-order valence-electron chi connectivity index (χ4n) is 1.57. The molecule has 0 aromatic rings. The molecule has 0 rings (SSSR count). The van der Waals surface area contributed by atoms with Gasteiger partial charge in [0.2, 0.25) is 6.43 Å². The smallest absolute Gasteiger partial charge is 0.211 e. The van der Waals surface area contributed by atoms with Gasteiger partial charge in [0.25, 0.3) is 6.43 Å². The summed E-state index contributed by atoms with van der Waals surface area (Å²) >= 11 is 0. The van der Waals surface area contributed by atoms with E-state index in [1.54, 1.807) is 12.1 Å². The summed E-state index contributed by atoms with van der Waals surface area (Å²) in [5.74, 6) is -1.02. The number of halogens is 4. The van der Waals surface area contributed by atoms with Gasteiger partial charge in [0.1, 0.15) is 0 Å². The third kappa shape index (κ3) is 3.74. The predicted molar refractivity (Wildman–Crippen MR) is 53.2 cm³/mol. The molecule has 0 N–H and O–H groups in total. The van der Waals surface area contributed by atoms with Crippen LogP contribution in [0.15, 0.2) is 11.6 Å². The second-order valence-electron chi connectivity index (χ2n) is 3.74. The normalized spacial score (nSPS) is 14.6. The quantitative estimate of drug-likeness (QED) is 0.552. The molecule has 0 aromatic heterocycles. The van der Waals surface area contributed by atoms with Crippen LogP contribution < -0.4 is 0 Å². The largest absolute Gasteiger partial charge is 0.257 e. The van der Waals surface area contributed by atoms with E-state index in [1.165, 1.54) is 13.8 Å². The molecule has 0 saturated heterocycles. The van der Waals surface area contributed by atoms with Crippen molar-refractivity contribution in [2.75, 3.05) is 0 Å². The lowest BCUT2D eigenvalue weighted by Gasteiger charge is -2.26. The minimum Gasteiger partial charge on any atom is -0.211 e. The van der Waals surface area contributed by atoms with Crippen LogP contribution in [0.5, 0.6) is 0 Å². The molecule has 0 radical (unpaired) electrons. The fraction of sp³-hybridized carbons (Fsp3) is 0.636. The maximum Gasteiger partial charge on any atom is 0.257 e. The van der Waals surface area contributed by atoms with Crippen molar-refractivity contribution in [1.82, 2.24) is 0 Å². The Morgan fingerprint density at radius 2 is 1.71 bits per heavy atom. The molecule has 0 amide bonds. The van der Waals surface area contributed by atoms with Gasteiger partial charge in [0.05, 0.1) is 12.1 Å². The second-order valence-corrected chi connectivity index (χ2v) is 3.74. The maximum absolute atomic E-state index is 12.2. The van der Waals surface area contributed by atoms with Crippen LogP contribution in [0, 0.1) is 34.0 Å². The number of hydrogen-bond acceptors (Lipinski definition) is 2. The molecule has 0 aliphatic rings. The minimum absolute atomic E-state index is 0.189. The highest BCUT2D eigenvalue weighted by Gasteiger charge is 2.40. The average molecular weight is 248 g/mol. The van der Waals surface area contributed by atoms with Crippen LogP contribution in [-0.4, -0.2) is 12.9 Å². The van der Waals surface area contributed by atoms with E-state index in [9.17, 15) is 17.6 Å². The van der Waals surface area contributed by atoms with Crippen LogP contribution in [0.3, 0.4) is 0 Å². The molecule has 0 spiro atoms. The highest BCUT2D eigenvalue weighted by molar-refractivity contribution is 5.33. The number of rotatable bonds is 5. The van der Waals surface area contributed by atoms with Crippen molar-refractivity contribution in [3.05, 3.63) is 11.6 Å². The number of hydrogen-bond donors (Lipinski definition) is 0. The van der Waals surface area contributed by atoms with Gasteiger partial charge in [-0.15, -0.1) is 0 Å². The first-order chi connectivity index (χ1) is 7.80. The van der Waals surface area contributed by atoms with E-state index < -0.39 is 30.6 Å². The van der Waals surface area contributed by atoms with Gasteiger partial charge in [-0.05, 0) is 24.5 Å². The molecule has 0 fully saturated rings. The Labute approximate surface area is 97.1 Å². The molecule has 0 bridgehead atoms. The lowest BCUT2D eigenvalue weighted by molar-refractivity contribution is 0.104. The Bertz CT molecular complexity index is 349. The first-order valence-electron chi connectivity index (χ1n) is 4.87. The third-order valence-electron chi connectivity index (χ3n) is 2.62. The molecule has 1 atom stereocenters. The molecule has 1 unspecified atom stereocenters. The summed E-state index contributed by atoms with van der Waals surface area (Å²) in [7, 11) is 0. The number of alkyl halides is 4. The predicted octanol–water partition coefficient (Wildman–Crippen LogP) is 3.52. The standard InChI is InChI=1S/C11H12F4N2/c1-7(3-9(12)13)11(5-16,6-17)8(2)4-10(14)15/h3,8-10H,4H2,1-2H3. The maximum atomic E-state index is 12.2. The van der Waals surface area contributed by atoms with Gasteiger partial charge in [-0.25, -0.2) is 17.6 Å². The molecule has 0 aliphatic carbocycles. The first-order valence-corrected chi connectivity index (χ1v) is 4.87. The monoisotopic (exact) mass is 248 g/mol. The van der Waals surface area contributed by atoms with Crippen molar-refractivity contribution in [2.24, 2.45) is 11.3 Å². The van der Waals surface area contributed by atoms with Crippen LogP contribution in [0.2, 0.25) is 0 Å². The van der Waals surface area contributed by atoms with E-state index in [2.05, 4.69) is 0 Å². The Kier molecular flexibility index (Phi) is 5.67. The zero-order chi connectivity index (χ0) is 13.6. The van der Waals surface area contributed by atoms with Crippen molar-refractivity contribution in [3.8, 4) is 12.1 Å². The zero-order valence-corrected chi connectivity index (χ0v) is 9.42. The molecular weight excluding hydrogens is 236 g/mol. The summed E-state index contributed by atoms with van der Waals surface area (Å²) in [6.07, 6.45) is -5.75. The number of nitrogens with zero attached hydrogens (tertiary/aromatic N) is 2. The summed E-state index contributed by atoms with van der Waals surface area (Å²) < 4.78 is 48.8. The van der Waals surface area contributed by atoms with Crippen molar-refractivity contribution in [3.63, 3.8) is 0 Å². The topological polar surface area (TPSA) is 47.6 Å². The molecule has 0 saturated carbocycles. The van der Waals surface area contributed by atoms with Crippen molar-refractivity contribution >= 4 is 0 Å². The number of nitriles is 2. The third-order valence-corrected chi connectivity index (χ3v) is 2.62. The van der Waals surface area contributed by atoms with E-state index in [4.69, 9.17) is 10.5 Å². The lowest BCUT2D eigenvalue weighted by Crippen LogP contribution is -2.29. The van der Waals surface area contributed by atoms with Gasteiger partial charge in [0, 0.05) is 6.42 Å². The van der Waals surface area contributed by atoms with Crippen molar-refractivity contribution in [2.45, 2.75) is 33.1 Å².